The minimum absolute atomic E-state index is 0.119. The smallest absolute Gasteiger partial charge is 0.236 e. The van der Waals surface area contributed by atoms with E-state index in [1.165, 1.54) is 0 Å². The summed E-state index contributed by atoms with van der Waals surface area (Å²) >= 11 is 5.98. The molecule has 1 aliphatic heterocycles. The van der Waals surface area contributed by atoms with Gasteiger partial charge in [-0.15, -0.1) is 0 Å². The van der Waals surface area contributed by atoms with Gasteiger partial charge in [-0.25, -0.2) is 0 Å². The summed E-state index contributed by atoms with van der Waals surface area (Å²) in [4.78, 5) is 18.5. The summed E-state index contributed by atoms with van der Waals surface area (Å²) in [6.45, 7) is 7.05. The summed E-state index contributed by atoms with van der Waals surface area (Å²) in [7, 11) is 1.83. The zero-order chi connectivity index (χ0) is 16.8. The first-order chi connectivity index (χ1) is 10.9. The monoisotopic (exact) mass is 339 g/mol. The predicted octanol–water partition coefficient (Wildman–Crippen LogP) is 1.30. The van der Waals surface area contributed by atoms with Crippen LogP contribution in [-0.2, 0) is 11.3 Å². The molecular weight excluding hydrogens is 314 g/mol. The Balaban J connectivity index is 1.76. The topological polar surface area (TPSA) is 47.0 Å². The molecule has 1 aromatic carbocycles. The second-order valence-corrected chi connectivity index (χ2v) is 6.74. The molecule has 0 aliphatic carbocycles. The number of hydrogen-bond acceptors (Lipinski definition) is 4. The van der Waals surface area contributed by atoms with Gasteiger partial charge in [0.1, 0.15) is 0 Å². The largest absolute Gasteiger partial charge is 0.392 e. The predicted molar refractivity (Wildman–Crippen MR) is 92.5 cm³/mol. The molecule has 1 aliphatic rings. The van der Waals surface area contributed by atoms with E-state index < -0.39 is 0 Å². The van der Waals surface area contributed by atoms with Crippen molar-refractivity contribution < 1.29 is 9.90 Å². The number of nitrogens with zero attached hydrogens (tertiary/aromatic N) is 3. The van der Waals surface area contributed by atoms with Crippen LogP contribution in [0.25, 0.3) is 0 Å². The molecule has 0 saturated carbocycles. The molecule has 5 nitrogen and oxygen atoms in total. The molecule has 1 saturated heterocycles. The number of amides is 1. The van der Waals surface area contributed by atoms with Crippen LogP contribution in [0.15, 0.2) is 24.3 Å². The fourth-order valence-corrected chi connectivity index (χ4v) is 3.03. The average molecular weight is 340 g/mol. The van der Waals surface area contributed by atoms with Crippen LogP contribution in [0.4, 0.5) is 0 Å². The van der Waals surface area contributed by atoms with Crippen LogP contribution in [-0.4, -0.2) is 78.1 Å². The Morgan fingerprint density at radius 3 is 2.57 bits per heavy atom. The SMILES string of the molecule is C[C@@H](O)CN1CCN(CC(=O)N(C)Cc2cccc(Cl)c2)CC1. The quantitative estimate of drug-likeness (QED) is 0.848. The number of carbonyl (C=O) groups excluding carboxylic acids is 1. The maximum absolute atomic E-state index is 12.4. The second-order valence-electron chi connectivity index (χ2n) is 6.31. The highest BCUT2D eigenvalue weighted by molar-refractivity contribution is 6.30. The number of aliphatic hydroxyl groups excluding tert-OH is 1. The van der Waals surface area contributed by atoms with E-state index in [0.717, 1.165) is 31.7 Å². The summed E-state index contributed by atoms with van der Waals surface area (Å²) in [5, 5.41) is 10.1. The number of benzene rings is 1. The van der Waals surface area contributed by atoms with E-state index in [1.807, 2.05) is 31.3 Å². The molecule has 1 aromatic rings. The Labute approximate surface area is 143 Å². The number of hydrogen-bond donors (Lipinski definition) is 1. The third-order valence-electron chi connectivity index (χ3n) is 4.08. The van der Waals surface area contributed by atoms with Crippen molar-refractivity contribution in [1.29, 1.82) is 0 Å². The molecule has 6 heteroatoms. The van der Waals surface area contributed by atoms with Crippen molar-refractivity contribution in [3.63, 3.8) is 0 Å². The number of piperazine rings is 1. The zero-order valence-corrected chi connectivity index (χ0v) is 14.7. The standard InChI is InChI=1S/C17H26ClN3O2/c1-14(22)11-20-6-8-21(9-7-20)13-17(23)19(2)12-15-4-3-5-16(18)10-15/h3-5,10,14,22H,6-9,11-13H2,1-2H3/t14-/m1/s1. The number of aliphatic hydroxyl groups is 1. The van der Waals surface area contributed by atoms with Crippen LogP contribution in [0.1, 0.15) is 12.5 Å². The first-order valence-corrected chi connectivity index (χ1v) is 8.43. The van der Waals surface area contributed by atoms with Gasteiger partial charge in [0.2, 0.25) is 5.91 Å². The minimum atomic E-state index is -0.299. The summed E-state index contributed by atoms with van der Waals surface area (Å²) < 4.78 is 0. The van der Waals surface area contributed by atoms with Crippen molar-refractivity contribution in [3.05, 3.63) is 34.9 Å². The summed E-state index contributed by atoms with van der Waals surface area (Å²) in [6.07, 6.45) is -0.299. The van der Waals surface area contributed by atoms with Gasteiger partial charge in [-0.05, 0) is 24.6 Å². The lowest BCUT2D eigenvalue weighted by Gasteiger charge is -2.35. The number of carbonyl (C=O) groups is 1. The Morgan fingerprint density at radius 2 is 1.96 bits per heavy atom. The maximum Gasteiger partial charge on any atom is 0.236 e. The first-order valence-electron chi connectivity index (χ1n) is 8.05. The Hall–Kier alpha value is -1.14. The molecule has 0 radical (unpaired) electrons. The van der Waals surface area contributed by atoms with E-state index in [9.17, 15) is 9.90 Å². The molecule has 2 rings (SSSR count). The van der Waals surface area contributed by atoms with Crippen molar-refractivity contribution in [2.75, 3.05) is 46.3 Å². The van der Waals surface area contributed by atoms with Gasteiger partial charge in [0, 0.05) is 51.3 Å². The van der Waals surface area contributed by atoms with Crippen molar-refractivity contribution in [2.45, 2.75) is 19.6 Å². The number of β-amino-alcohol motifs (C(OH)–C–C–N with tert-alkyl or cyclic N) is 1. The first kappa shape index (κ1) is 18.2. The second kappa shape index (κ2) is 8.64. The molecule has 1 N–H and O–H groups in total. The van der Waals surface area contributed by atoms with Crippen LogP contribution in [0.3, 0.4) is 0 Å². The molecule has 0 spiro atoms. The lowest BCUT2D eigenvalue weighted by molar-refractivity contribution is -0.132. The Bertz CT molecular complexity index is 516. The van der Waals surface area contributed by atoms with E-state index in [1.54, 1.807) is 11.8 Å². The number of likely N-dealkylation sites (N-methyl/N-ethyl adjacent to an activating group) is 1. The molecule has 1 fully saturated rings. The fourth-order valence-electron chi connectivity index (χ4n) is 2.81. The molecule has 1 amide bonds. The Morgan fingerprint density at radius 1 is 1.30 bits per heavy atom. The average Bonchev–Trinajstić information content (AvgIpc) is 2.48. The molecule has 1 heterocycles. The van der Waals surface area contributed by atoms with Crippen LogP contribution in [0.2, 0.25) is 5.02 Å². The fraction of sp³-hybridized carbons (Fsp3) is 0.588. The zero-order valence-electron chi connectivity index (χ0n) is 13.9. The third-order valence-corrected chi connectivity index (χ3v) is 4.32. The lowest BCUT2D eigenvalue weighted by atomic mass is 10.2. The van der Waals surface area contributed by atoms with Gasteiger partial charge < -0.3 is 10.0 Å². The highest BCUT2D eigenvalue weighted by atomic mass is 35.5. The van der Waals surface area contributed by atoms with Crippen LogP contribution >= 0.6 is 11.6 Å². The van der Waals surface area contributed by atoms with Crippen LogP contribution in [0, 0.1) is 0 Å². The van der Waals surface area contributed by atoms with E-state index in [0.29, 0.717) is 24.7 Å². The molecule has 128 valence electrons. The molecule has 1 atom stereocenters. The van der Waals surface area contributed by atoms with Gasteiger partial charge in [-0.2, -0.15) is 0 Å². The van der Waals surface area contributed by atoms with E-state index in [4.69, 9.17) is 11.6 Å². The van der Waals surface area contributed by atoms with Crippen LogP contribution in [0.5, 0.6) is 0 Å². The van der Waals surface area contributed by atoms with Crippen molar-refractivity contribution in [2.24, 2.45) is 0 Å². The maximum atomic E-state index is 12.4. The summed E-state index contributed by atoms with van der Waals surface area (Å²) in [6, 6.07) is 7.60. The number of halogens is 1. The van der Waals surface area contributed by atoms with Gasteiger partial charge in [-0.1, -0.05) is 23.7 Å². The van der Waals surface area contributed by atoms with Crippen molar-refractivity contribution in [1.82, 2.24) is 14.7 Å². The summed E-state index contributed by atoms with van der Waals surface area (Å²) in [5.41, 5.74) is 1.04. The minimum Gasteiger partial charge on any atom is -0.392 e. The van der Waals surface area contributed by atoms with Gasteiger partial charge in [0.05, 0.1) is 12.6 Å². The summed E-state index contributed by atoms with van der Waals surface area (Å²) in [5.74, 6) is 0.119. The van der Waals surface area contributed by atoms with Gasteiger partial charge in [0.25, 0.3) is 0 Å². The highest BCUT2D eigenvalue weighted by Crippen LogP contribution is 2.12. The van der Waals surface area contributed by atoms with Gasteiger partial charge in [-0.3, -0.25) is 14.6 Å². The molecule has 0 bridgehead atoms. The van der Waals surface area contributed by atoms with Gasteiger partial charge >= 0.3 is 0 Å². The van der Waals surface area contributed by atoms with Crippen molar-refractivity contribution in [3.8, 4) is 0 Å². The lowest BCUT2D eigenvalue weighted by Crippen LogP contribution is -2.50. The molecule has 23 heavy (non-hydrogen) atoms. The molecular formula is C17H26ClN3O2. The molecule has 0 aromatic heterocycles. The van der Waals surface area contributed by atoms with Crippen molar-refractivity contribution >= 4 is 17.5 Å². The van der Waals surface area contributed by atoms with E-state index in [2.05, 4.69) is 9.80 Å². The Kier molecular flexibility index (Phi) is 6.84. The third kappa shape index (κ3) is 6.11. The number of rotatable bonds is 6. The highest BCUT2D eigenvalue weighted by Gasteiger charge is 2.21. The molecule has 0 unspecified atom stereocenters. The van der Waals surface area contributed by atoms with Crippen LogP contribution < -0.4 is 0 Å². The normalized spacial score (nSPS) is 17.9. The van der Waals surface area contributed by atoms with E-state index in [-0.39, 0.29) is 12.0 Å². The van der Waals surface area contributed by atoms with E-state index >= 15 is 0 Å². The van der Waals surface area contributed by atoms with Gasteiger partial charge in [0.15, 0.2) is 0 Å².